The van der Waals surface area contributed by atoms with E-state index in [9.17, 15) is 8.78 Å². The van der Waals surface area contributed by atoms with Crippen molar-refractivity contribution in [2.24, 2.45) is 0 Å². The number of hydrogen-bond acceptors (Lipinski definition) is 3. The number of aliphatic hydroxyl groups is 1. The molecule has 0 unspecified atom stereocenters. The molecule has 0 saturated heterocycles. The minimum atomic E-state index is -2.70. The summed E-state index contributed by atoms with van der Waals surface area (Å²) in [5.41, 5.74) is 5.53. The van der Waals surface area contributed by atoms with Crippen molar-refractivity contribution >= 4 is 17.4 Å². The summed E-state index contributed by atoms with van der Waals surface area (Å²) in [6.45, 7) is -0.380. The molecule has 0 amide bonds. The zero-order chi connectivity index (χ0) is 10.7. The number of aromatic nitrogens is 1. The second kappa shape index (κ2) is 4.52. The van der Waals surface area contributed by atoms with Crippen LogP contribution in [0.2, 0.25) is 0 Å². The third-order valence-electron chi connectivity index (χ3n) is 1.78. The standard InChI is InChI=1S/C8H9ClF2N2O/c9-2-6-4(3-14)1-5(7(10)11)8(12)13-6/h1,7,14H,2-3H2,(H2,12,13). The molecule has 0 aliphatic rings. The highest BCUT2D eigenvalue weighted by molar-refractivity contribution is 6.17. The number of nitrogens with zero attached hydrogens (tertiary/aromatic N) is 1. The Hall–Kier alpha value is -0.940. The fourth-order valence-corrected chi connectivity index (χ4v) is 1.29. The van der Waals surface area contributed by atoms with E-state index in [1.54, 1.807) is 0 Å². The predicted octanol–water partition coefficient (Wildman–Crippen LogP) is 1.83. The van der Waals surface area contributed by atoms with Crippen LogP contribution in [0, 0.1) is 0 Å². The SMILES string of the molecule is Nc1nc(CCl)c(CO)cc1C(F)F. The number of nitrogens with two attached hydrogens (primary N) is 1. The summed E-state index contributed by atoms with van der Waals surface area (Å²) in [6, 6.07) is 1.13. The minimum absolute atomic E-state index is 0.0314. The molecule has 1 heterocycles. The summed E-state index contributed by atoms with van der Waals surface area (Å²) < 4.78 is 24.7. The van der Waals surface area contributed by atoms with Crippen molar-refractivity contribution in [2.45, 2.75) is 18.9 Å². The first-order valence-corrected chi connectivity index (χ1v) is 4.36. The molecule has 0 spiro atoms. The van der Waals surface area contributed by atoms with Gasteiger partial charge in [-0.15, -0.1) is 11.6 Å². The Kier molecular flexibility index (Phi) is 3.60. The number of halogens is 3. The van der Waals surface area contributed by atoms with E-state index < -0.39 is 6.43 Å². The molecule has 6 heteroatoms. The molecule has 0 atom stereocenters. The van der Waals surface area contributed by atoms with Crippen LogP contribution in [0.5, 0.6) is 0 Å². The molecule has 0 aromatic carbocycles. The van der Waals surface area contributed by atoms with Crippen molar-refractivity contribution in [1.82, 2.24) is 4.98 Å². The molecule has 0 bridgehead atoms. The van der Waals surface area contributed by atoms with E-state index in [-0.39, 0.29) is 29.4 Å². The summed E-state index contributed by atoms with van der Waals surface area (Å²) in [6.07, 6.45) is -2.70. The van der Waals surface area contributed by atoms with Crippen molar-refractivity contribution in [3.8, 4) is 0 Å². The first kappa shape index (κ1) is 11.1. The molecule has 3 N–H and O–H groups in total. The van der Waals surface area contributed by atoms with Gasteiger partial charge in [0.1, 0.15) is 5.82 Å². The van der Waals surface area contributed by atoms with Gasteiger partial charge in [-0.25, -0.2) is 13.8 Å². The van der Waals surface area contributed by atoms with Gasteiger partial charge in [0, 0.05) is 5.56 Å². The molecule has 3 nitrogen and oxygen atoms in total. The predicted molar refractivity (Wildman–Crippen MR) is 49.1 cm³/mol. The average Bonchev–Trinajstić information content (AvgIpc) is 2.16. The largest absolute Gasteiger partial charge is 0.392 e. The van der Waals surface area contributed by atoms with E-state index in [1.807, 2.05) is 0 Å². The molecule has 0 saturated carbocycles. The number of nitrogen functional groups attached to an aromatic ring is 1. The van der Waals surface area contributed by atoms with Crippen molar-refractivity contribution in [2.75, 3.05) is 5.73 Å². The Morgan fingerprint density at radius 3 is 2.64 bits per heavy atom. The van der Waals surface area contributed by atoms with Crippen LogP contribution in [0.15, 0.2) is 6.07 Å². The molecule has 0 radical (unpaired) electrons. The molecular formula is C8H9ClF2N2O. The van der Waals surface area contributed by atoms with Gasteiger partial charge >= 0.3 is 0 Å². The molecule has 14 heavy (non-hydrogen) atoms. The first-order valence-electron chi connectivity index (χ1n) is 3.83. The Morgan fingerprint density at radius 2 is 2.21 bits per heavy atom. The van der Waals surface area contributed by atoms with Gasteiger partial charge in [0.05, 0.1) is 23.7 Å². The Balaban J connectivity index is 3.23. The van der Waals surface area contributed by atoms with E-state index in [0.717, 1.165) is 6.07 Å². The summed E-state index contributed by atoms with van der Waals surface area (Å²) in [5.74, 6) is -0.211. The fourth-order valence-electron chi connectivity index (χ4n) is 1.05. The zero-order valence-electron chi connectivity index (χ0n) is 7.17. The summed E-state index contributed by atoms with van der Waals surface area (Å²) in [4.78, 5) is 3.69. The number of rotatable bonds is 3. The zero-order valence-corrected chi connectivity index (χ0v) is 7.93. The van der Waals surface area contributed by atoms with Crippen LogP contribution in [0.4, 0.5) is 14.6 Å². The van der Waals surface area contributed by atoms with Crippen molar-refractivity contribution in [3.05, 3.63) is 22.9 Å². The minimum Gasteiger partial charge on any atom is -0.392 e. The normalized spacial score (nSPS) is 10.9. The molecule has 0 fully saturated rings. The van der Waals surface area contributed by atoms with E-state index in [0.29, 0.717) is 5.69 Å². The lowest BCUT2D eigenvalue weighted by molar-refractivity contribution is 0.151. The van der Waals surface area contributed by atoms with Crippen molar-refractivity contribution < 1.29 is 13.9 Å². The number of anilines is 1. The Labute approximate surface area is 84.5 Å². The number of hydrogen-bond donors (Lipinski definition) is 2. The quantitative estimate of drug-likeness (QED) is 0.768. The third-order valence-corrected chi connectivity index (χ3v) is 2.04. The van der Waals surface area contributed by atoms with Gasteiger partial charge in [-0.05, 0) is 6.07 Å². The van der Waals surface area contributed by atoms with Crippen LogP contribution in [-0.4, -0.2) is 10.1 Å². The molecule has 0 aliphatic carbocycles. The van der Waals surface area contributed by atoms with Crippen LogP contribution in [-0.2, 0) is 12.5 Å². The monoisotopic (exact) mass is 222 g/mol. The van der Waals surface area contributed by atoms with Crippen molar-refractivity contribution in [1.29, 1.82) is 0 Å². The smallest absolute Gasteiger partial charge is 0.267 e. The lowest BCUT2D eigenvalue weighted by atomic mass is 10.1. The van der Waals surface area contributed by atoms with Crippen LogP contribution in [0.1, 0.15) is 23.2 Å². The molecule has 1 rings (SSSR count). The van der Waals surface area contributed by atoms with E-state index in [2.05, 4.69) is 4.98 Å². The number of aliphatic hydroxyl groups excluding tert-OH is 1. The van der Waals surface area contributed by atoms with Crippen LogP contribution in [0.25, 0.3) is 0 Å². The lowest BCUT2D eigenvalue weighted by Crippen LogP contribution is -2.05. The molecule has 1 aromatic rings. The van der Waals surface area contributed by atoms with Gasteiger partial charge in [-0.1, -0.05) is 0 Å². The molecule has 78 valence electrons. The molecule has 0 aliphatic heterocycles. The van der Waals surface area contributed by atoms with Crippen molar-refractivity contribution in [3.63, 3.8) is 0 Å². The van der Waals surface area contributed by atoms with Gasteiger partial charge in [-0.2, -0.15) is 0 Å². The molecule has 1 aromatic heterocycles. The highest BCUT2D eigenvalue weighted by Gasteiger charge is 2.15. The highest BCUT2D eigenvalue weighted by Crippen LogP contribution is 2.26. The second-order valence-electron chi connectivity index (χ2n) is 2.66. The Bertz CT molecular complexity index is 333. The average molecular weight is 223 g/mol. The summed E-state index contributed by atoms with van der Waals surface area (Å²) in [5, 5.41) is 8.86. The summed E-state index contributed by atoms with van der Waals surface area (Å²) >= 11 is 5.50. The van der Waals surface area contributed by atoms with Gasteiger partial charge in [0.2, 0.25) is 0 Å². The van der Waals surface area contributed by atoms with E-state index >= 15 is 0 Å². The van der Waals surface area contributed by atoms with Crippen LogP contribution in [0.3, 0.4) is 0 Å². The second-order valence-corrected chi connectivity index (χ2v) is 2.93. The lowest BCUT2D eigenvalue weighted by Gasteiger charge is -2.09. The van der Waals surface area contributed by atoms with E-state index in [1.165, 1.54) is 0 Å². The van der Waals surface area contributed by atoms with Crippen LogP contribution < -0.4 is 5.73 Å². The highest BCUT2D eigenvalue weighted by atomic mass is 35.5. The topological polar surface area (TPSA) is 59.1 Å². The Morgan fingerprint density at radius 1 is 1.57 bits per heavy atom. The first-order chi connectivity index (χ1) is 6.60. The fraction of sp³-hybridized carbons (Fsp3) is 0.375. The number of pyridine rings is 1. The summed E-state index contributed by atoms with van der Waals surface area (Å²) in [7, 11) is 0. The van der Waals surface area contributed by atoms with Gasteiger partial charge < -0.3 is 10.8 Å². The molecular weight excluding hydrogens is 214 g/mol. The van der Waals surface area contributed by atoms with Gasteiger partial charge in [-0.3, -0.25) is 0 Å². The van der Waals surface area contributed by atoms with E-state index in [4.69, 9.17) is 22.4 Å². The third kappa shape index (κ3) is 2.10. The van der Waals surface area contributed by atoms with Gasteiger partial charge in [0.15, 0.2) is 0 Å². The maximum Gasteiger partial charge on any atom is 0.267 e. The number of alkyl halides is 3. The maximum absolute atomic E-state index is 12.3. The maximum atomic E-state index is 12.3. The van der Waals surface area contributed by atoms with Crippen LogP contribution >= 0.6 is 11.6 Å². The van der Waals surface area contributed by atoms with Gasteiger partial charge in [0.25, 0.3) is 6.43 Å².